The molecule has 3 aromatic carbocycles. The number of aromatic amines is 2. The van der Waals surface area contributed by atoms with Crippen LogP contribution in [-0.4, -0.2) is 84.6 Å². The summed E-state index contributed by atoms with van der Waals surface area (Å²) in [7, 11) is -4.46. The van der Waals surface area contributed by atoms with Crippen LogP contribution in [0.5, 0.6) is 11.5 Å². The molecule has 63 heavy (non-hydrogen) atoms. The molecule has 1 atom stereocenters. The molecular weight excluding hydrogens is 815 g/mol. The van der Waals surface area contributed by atoms with E-state index in [2.05, 4.69) is 77.9 Å². The van der Waals surface area contributed by atoms with Crippen LogP contribution in [-0.2, 0) is 14.8 Å². The molecule has 1 aliphatic carbocycles. The Balaban J connectivity index is 0.861. The molecule has 3 saturated heterocycles. The van der Waals surface area contributed by atoms with Gasteiger partial charge in [-0.1, -0.05) is 38.1 Å². The Bertz CT molecular complexity index is 2750. The lowest BCUT2D eigenvalue weighted by molar-refractivity contribution is -0.0227. The standard InChI is InChI=1S/C48H57N9O5S/c1-30(2)36-6-3-4-7-37(36)40-8-5-17-57(40)34-25-48(26-34)14-18-56(19-15-48)33-9-10-38(41(23-33)62-35-22-32-11-16-50-46(32)52-28-35)47(58)55-63(59,60)42-24-39(49)43(45-44(42)53-29-54-45)51-27-31-12-20-61-21-13-31/h3-4,6-7,9-11,16,22-24,28-31,34,40,51H,5,8,12-15,17-21,25-27,49H2,1-2H3,(H,50,52)(H,53,54)(H,55,58)/t40-/m0/s1. The van der Waals surface area contributed by atoms with Crippen LogP contribution in [0.4, 0.5) is 17.1 Å². The van der Waals surface area contributed by atoms with Crippen LogP contribution >= 0.6 is 0 Å². The molecule has 1 saturated carbocycles. The van der Waals surface area contributed by atoms with Crippen molar-refractivity contribution in [1.29, 1.82) is 0 Å². The highest BCUT2D eigenvalue weighted by molar-refractivity contribution is 7.90. The van der Waals surface area contributed by atoms with Gasteiger partial charge < -0.3 is 35.4 Å². The number of H-pyrrole nitrogens is 2. The predicted octanol–water partition coefficient (Wildman–Crippen LogP) is 8.48. The molecule has 14 nitrogen and oxygen atoms in total. The maximum absolute atomic E-state index is 14.2. The van der Waals surface area contributed by atoms with Crippen LogP contribution in [0.2, 0.25) is 0 Å². The quantitative estimate of drug-likeness (QED) is 0.0744. The average Bonchev–Trinajstić information content (AvgIpc) is 4.07. The number of fused-ring (bicyclic) bond motifs is 2. The molecule has 0 radical (unpaired) electrons. The van der Waals surface area contributed by atoms with Crippen LogP contribution in [0, 0.1) is 11.3 Å². The molecule has 6 heterocycles. The summed E-state index contributed by atoms with van der Waals surface area (Å²) in [5, 5.41) is 4.24. The van der Waals surface area contributed by atoms with Gasteiger partial charge in [-0.2, -0.15) is 0 Å². The van der Waals surface area contributed by atoms with Gasteiger partial charge in [0.05, 0.1) is 35.0 Å². The first-order valence-electron chi connectivity index (χ1n) is 22.5. The lowest BCUT2D eigenvalue weighted by Crippen LogP contribution is -2.54. The van der Waals surface area contributed by atoms with Crippen molar-refractivity contribution in [1.82, 2.24) is 29.6 Å². The highest BCUT2D eigenvalue weighted by Gasteiger charge is 2.50. The molecule has 3 aromatic heterocycles. The molecule has 330 valence electrons. The first-order valence-corrected chi connectivity index (χ1v) is 24.0. The number of amides is 1. The largest absolute Gasteiger partial charge is 0.455 e. The maximum atomic E-state index is 14.2. The third-order valence-corrected chi connectivity index (χ3v) is 15.5. The van der Waals surface area contributed by atoms with Crippen molar-refractivity contribution in [3.63, 3.8) is 0 Å². The molecule has 0 unspecified atom stereocenters. The summed E-state index contributed by atoms with van der Waals surface area (Å²) in [5.41, 5.74) is 12.9. The van der Waals surface area contributed by atoms with E-state index in [9.17, 15) is 13.2 Å². The van der Waals surface area contributed by atoms with E-state index in [4.69, 9.17) is 15.2 Å². The van der Waals surface area contributed by atoms with Crippen molar-refractivity contribution in [3.05, 3.63) is 96.1 Å². The Morgan fingerprint density at radius 3 is 2.62 bits per heavy atom. The fraction of sp³-hybridized carbons (Fsp3) is 0.438. The molecule has 4 fully saturated rings. The number of carbonyl (C=O) groups is 1. The average molecular weight is 872 g/mol. The number of anilines is 3. The molecule has 3 aliphatic heterocycles. The second-order valence-corrected chi connectivity index (χ2v) is 20.1. The van der Waals surface area contributed by atoms with Gasteiger partial charge in [0.1, 0.15) is 27.6 Å². The number of nitrogens with one attached hydrogen (secondary N) is 4. The summed E-state index contributed by atoms with van der Waals surface area (Å²) in [6, 6.07) is 20.6. The number of rotatable bonds is 12. The molecule has 6 N–H and O–H groups in total. The first-order chi connectivity index (χ1) is 30.5. The lowest BCUT2D eigenvalue weighted by Gasteiger charge is -2.56. The van der Waals surface area contributed by atoms with Gasteiger partial charge in [-0.3, -0.25) is 9.69 Å². The van der Waals surface area contributed by atoms with Gasteiger partial charge in [-0.25, -0.2) is 23.1 Å². The smallest absolute Gasteiger partial charge is 0.268 e. The fourth-order valence-corrected chi connectivity index (χ4v) is 11.9. The molecule has 15 heteroatoms. The summed E-state index contributed by atoms with van der Waals surface area (Å²) in [6.45, 7) is 9.60. The van der Waals surface area contributed by atoms with Gasteiger partial charge in [-0.05, 0) is 117 Å². The van der Waals surface area contributed by atoms with Crippen molar-refractivity contribution in [2.24, 2.45) is 11.3 Å². The van der Waals surface area contributed by atoms with Crippen molar-refractivity contribution in [2.75, 3.05) is 55.3 Å². The molecule has 1 amide bonds. The zero-order valence-electron chi connectivity index (χ0n) is 36.0. The second kappa shape index (κ2) is 16.8. The number of sulfonamides is 1. The number of hydrogen-bond acceptors (Lipinski definition) is 11. The Kier molecular flexibility index (Phi) is 11.0. The Hall–Kier alpha value is -5.64. The number of carbonyl (C=O) groups excluding carboxylic acids is 1. The lowest BCUT2D eigenvalue weighted by atomic mass is 9.59. The van der Waals surface area contributed by atoms with Crippen LogP contribution in [0.15, 0.2) is 84.3 Å². The van der Waals surface area contributed by atoms with E-state index in [-0.39, 0.29) is 27.4 Å². The Labute approximate surface area is 368 Å². The molecule has 0 bridgehead atoms. The number of imidazole rings is 1. The third kappa shape index (κ3) is 8.10. The highest BCUT2D eigenvalue weighted by Crippen LogP contribution is 2.54. The normalized spacial score (nSPS) is 19.9. The minimum Gasteiger partial charge on any atom is -0.455 e. The van der Waals surface area contributed by atoms with E-state index in [0.29, 0.717) is 71.7 Å². The van der Waals surface area contributed by atoms with Gasteiger partial charge in [0.2, 0.25) is 0 Å². The van der Waals surface area contributed by atoms with Crippen molar-refractivity contribution in [3.8, 4) is 11.5 Å². The zero-order valence-corrected chi connectivity index (χ0v) is 36.8. The Morgan fingerprint density at radius 1 is 1.00 bits per heavy atom. The van der Waals surface area contributed by atoms with E-state index >= 15 is 0 Å². The molecular formula is C48H57N9O5S. The van der Waals surface area contributed by atoms with E-state index in [0.717, 1.165) is 49.8 Å². The summed E-state index contributed by atoms with van der Waals surface area (Å²) in [4.78, 5) is 34.1. The number of likely N-dealkylation sites (tertiary alicyclic amines) is 1. The van der Waals surface area contributed by atoms with Gasteiger partial charge in [0.25, 0.3) is 15.9 Å². The molecule has 6 aromatic rings. The SMILES string of the molecule is CC(C)c1ccccc1[C@@H]1CCCN1C1CC2(CCN(c3ccc(C(=O)NS(=O)(=O)c4cc(N)c(NCC5CCOCC5)c5[nH]cnc45)c(Oc4cnc5[nH]ccc5c4)c3)CC2)C1. The van der Waals surface area contributed by atoms with Crippen LogP contribution in [0.1, 0.15) is 98.7 Å². The third-order valence-electron chi connectivity index (χ3n) is 14.2. The number of nitrogens with two attached hydrogens (primary N) is 1. The fourth-order valence-electron chi connectivity index (χ4n) is 10.7. The summed E-state index contributed by atoms with van der Waals surface area (Å²) in [6.07, 6.45) is 13.8. The number of nitrogens with zero attached hydrogens (tertiary/aromatic N) is 4. The van der Waals surface area contributed by atoms with Crippen molar-refractivity contribution >= 4 is 55.1 Å². The second-order valence-electron chi connectivity index (χ2n) is 18.4. The molecule has 4 aliphatic rings. The summed E-state index contributed by atoms with van der Waals surface area (Å²) in [5.74, 6) is 0.705. The van der Waals surface area contributed by atoms with E-state index in [1.807, 2.05) is 24.3 Å². The minimum absolute atomic E-state index is 0.0620. The van der Waals surface area contributed by atoms with E-state index in [1.165, 1.54) is 55.7 Å². The number of pyridine rings is 1. The minimum atomic E-state index is -4.46. The summed E-state index contributed by atoms with van der Waals surface area (Å²) >= 11 is 0. The van der Waals surface area contributed by atoms with E-state index in [1.54, 1.807) is 18.5 Å². The van der Waals surface area contributed by atoms with Gasteiger partial charge in [-0.15, -0.1) is 0 Å². The van der Waals surface area contributed by atoms with Crippen LogP contribution in [0.3, 0.4) is 0 Å². The van der Waals surface area contributed by atoms with Crippen molar-refractivity contribution in [2.45, 2.75) is 88.1 Å². The van der Waals surface area contributed by atoms with Gasteiger partial charge in [0.15, 0.2) is 0 Å². The zero-order chi connectivity index (χ0) is 43.3. The molecule has 10 rings (SSSR count). The number of aromatic nitrogens is 4. The number of hydrogen-bond donors (Lipinski definition) is 5. The van der Waals surface area contributed by atoms with Crippen molar-refractivity contribution < 1.29 is 22.7 Å². The highest BCUT2D eigenvalue weighted by atomic mass is 32.2. The van der Waals surface area contributed by atoms with Crippen LogP contribution in [0.25, 0.3) is 22.1 Å². The maximum Gasteiger partial charge on any atom is 0.268 e. The number of nitrogen functional groups attached to an aromatic ring is 1. The number of ether oxygens (including phenoxy) is 2. The summed E-state index contributed by atoms with van der Waals surface area (Å²) < 4.78 is 42.4. The number of benzene rings is 3. The Morgan fingerprint density at radius 2 is 1.81 bits per heavy atom. The van der Waals surface area contributed by atoms with Gasteiger partial charge in [0, 0.05) is 68.3 Å². The number of piperidine rings is 1. The monoisotopic (exact) mass is 871 g/mol. The van der Waals surface area contributed by atoms with E-state index < -0.39 is 15.9 Å². The predicted molar refractivity (Wildman–Crippen MR) is 246 cm³/mol. The van der Waals surface area contributed by atoms with Crippen LogP contribution < -0.4 is 25.4 Å². The van der Waals surface area contributed by atoms with Gasteiger partial charge >= 0.3 is 0 Å². The molecule has 1 spiro atoms. The topological polar surface area (TPSA) is 184 Å². The first kappa shape index (κ1) is 41.4.